The highest BCUT2D eigenvalue weighted by Gasteiger charge is 2.33. The Hall–Kier alpha value is -0.170. The molecule has 0 atom stereocenters. The fourth-order valence-corrected chi connectivity index (χ4v) is 4.71. The van der Waals surface area contributed by atoms with Gasteiger partial charge in [-0.3, -0.25) is 4.90 Å². The van der Waals surface area contributed by atoms with Crippen LogP contribution in [0.5, 0.6) is 0 Å². The van der Waals surface area contributed by atoms with Gasteiger partial charge in [-0.15, -0.1) is 0 Å². The Morgan fingerprint density at radius 3 is 1.88 bits per heavy atom. The Morgan fingerprint density at radius 2 is 1.40 bits per heavy atom. The molecule has 2 N–H and O–H groups in total. The van der Waals surface area contributed by atoms with Crippen LogP contribution >= 0.6 is 0 Å². The predicted molar refractivity (Wildman–Crippen MR) is 107 cm³/mol. The molecule has 0 aromatic carbocycles. The second-order valence-electron chi connectivity index (χ2n) is 7.90. The third kappa shape index (κ3) is 8.37. The molecule has 6 heteroatoms. The molecule has 0 bridgehead atoms. The van der Waals surface area contributed by atoms with Gasteiger partial charge in [0.1, 0.15) is 0 Å². The normalized spacial score (nSPS) is 18.4. The van der Waals surface area contributed by atoms with Crippen LogP contribution in [0.15, 0.2) is 0 Å². The first-order valence-corrected chi connectivity index (χ1v) is 11.9. The van der Waals surface area contributed by atoms with Gasteiger partial charge in [0.2, 0.25) is 0 Å². The molecule has 0 aromatic heterocycles. The molecule has 0 aliphatic carbocycles. The summed E-state index contributed by atoms with van der Waals surface area (Å²) >= 11 is 0. The molecule has 1 aliphatic rings. The zero-order chi connectivity index (χ0) is 18.8. The Balaban J connectivity index is 2.68. The minimum atomic E-state index is -3.56. The van der Waals surface area contributed by atoms with E-state index in [0.29, 0.717) is 13.1 Å². The second kappa shape index (κ2) is 11.5. The molecule has 0 radical (unpaired) electrons. The summed E-state index contributed by atoms with van der Waals surface area (Å²) in [6, 6.07) is 0. The van der Waals surface area contributed by atoms with Crippen molar-refractivity contribution >= 4 is 10.2 Å². The second-order valence-corrected chi connectivity index (χ2v) is 9.45. The van der Waals surface area contributed by atoms with E-state index in [1.165, 1.54) is 68.5 Å². The van der Waals surface area contributed by atoms with E-state index in [4.69, 9.17) is 5.14 Å². The zero-order valence-electron chi connectivity index (χ0n) is 16.8. The van der Waals surface area contributed by atoms with Gasteiger partial charge in [0.05, 0.1) is 0 Å². The monoisotopic (exact) mass is 375 g/mol. The van der Waals surface area contributed by atoms with E-state index in [1.54, 1.807) is 0 Å². The van der Waals surface area contributed by atoms with Crippen LogP contribution in [0.4, 0.5) is 0 Å². The molecule has 0 amide bonds. The fraction of sp³-hybridized carbons (Fsp3) is 1.00. The molecule has 0 aromatic rings. The molecule has 5 nitrogen and oxygen atoms in total. The summed E-state index contributed by atoms with van der Waals surface area (Å²) < 4.78 is 24.8. The van der Waals surface area contributed by atoms with Crippen LogP contribution in [0.3, 0.4) is 0 Å². The number of nitrogens with two attached hydrogens (primary N) is 1. The average molecular weight is 376 g/mol. The van der Waals surface area contributed by atoms with Gasteiger partial charge in [0.15, 0.2) is 0 Å². The lowest BCUT2D eigenvalue weighted by atomic mass is 9.86. The molecular formula is C19H41N3O2S. The van der Waals surface area contributed by atoms with Crippen molar-refractivity contribution in [2.24, 2.45) is 5.14 Å². The predicted octanol–water partition coefficient (Wildman–Crippen LogP) is 3.90. The molecule has 150 valence electrons. The Morgan fingerprint density at radius 1 is 0.840 bits per heavy atom. The number of unbranched alkanes of at least 4 members (excludes halogenated alkanes) is 6. The number of rotatable bonds is 12. The van der Waals surface area contributed by atoms with Crippen molar-refractivity contribution in [2.45, 2.75) is 96.9 Å². The summed E-state index contributed by atoms with van der Waals surface area (Å²) in [6.07, 6.45) is 13.6. The topological polar surface area (TPSA) is 66.6 Å². The molecule has 1 saturated heterocycles. The van der Waals surface area contributed by atoms with Gasteiger partial charge in [0.25, 0.3) is 10.2 Å². The number of hydrogen-bond acceptors (Lipinski definition) is 3. The SMILES string of the molecule is CCCCCCC(C)(CCCCCC)N1CCCN(S(N)(=O)=O)CC1. The lowest BCUT2D eigenvalue weighted by molar-refractivity contribution is 0.0855. The first kappa shape index (κ1) is 22.9. The number of nitrogens with zero attached hydrogens (tertiary/aromatic N) is 2. The van der Waals surface area contributed by atoms with Crippen molar-refractivity contribution in [3.05, 3.63) is 0 Å². The van der Waals surface area contributed by atoms with Crippen LogP contribution in [-0.2, 0) is 10.2 Å². The maximum Gasteiger partial charge on any atom is 0.276 e. The van der Waals surface area contributed by atoms with Crippen molar-refractivity contribution in [1.82, 2.24) is 9.21 Å². The Kier molecular flexibility index (Phi) is 10.5. The Labute approximate surface area is 156 Å². The van der Waals surface area contributed by atoms with Crippen LogP contribution in [0.1, 0.15) is 91.4 Å². The third-order valence-corrected chi connectivity index (χ3v) is 6.80. The smallest absolute Gasteiger partial charge is 0.276 e. The van der Waals surface area contributed by atoms with Crippen LogP contribution in [-0.4, -0.2) is 49.3 Å². The lowest BCUT2D eigenvalue weighted by Gasteiger charge is -2.41. The van der Waals surface area contributed by atoms with Crippen LogP contribution < -0.4 is 5.14 Å². The van der Waals surface area contributed by atoms with Crippen molar-refractivity contribution < 1.29 is 8.42 Å². The zero-order valence-corrected chi connectivity index (χ0v) is 17.6. The Bertz CT molecular complexity index is 442. The first-order valence-electron chi connectivity index (χ1n) is 10.4. The highest BCUT2D eigenvalue weighted by molar-refractivity contribution is 7.86. The van der Waals surface area contributed by atoms with Gasteiger partial charge in [-0.2, -0.15) is 12.7 Å². The van der Waals surface area contributed by atoms with Crippen molar-refractivity contribution in [2.75, 3.05) is 26.2 Å². The summed E-state index contributed by atoms with van der Waals surface area (Å²) in [5.41, 5.74) is 0.190. The summed E-state index contributed by atoms with van der Waals surface area (Å²) in [7, 11) is -3.56. The maximum absolute atomic E-state index is 11.7. The molecule has 1 aliphatic heterocycles. The van der Waals surface area contributed by atoms with E-state index < -0.39 is 10.2 Å². The highest BCUT2D eigenvalue weighted by Crippen LogP contribution is 2.30. The minimum absolute atomic E-state index is 0.190. The van der Waals surface area contributed by atoms with E-state index in [-0.39, 0.29) is 5.54 Å². The van der Waals surface area contributed by atoms with Gasteiger partial charge in [-0.25, -0.2) is 5.14 Å². The van der Waals surface area contributed by atoms with E-state index >= 15 is 0 Å². The van der Waals surface area contributed by atoms with Gasteiger partial charge < -0.3 is 0 Å². The molecule has 1 heterocycles. The minimum Gasteiger partial charge on any atom is -0.297 e. The van der Waals surface area contributed by atoms with Gasteiger partial charge in [-0.05, 0) is 32.7 Å². The van der Waals surface area contributed by atoms with Crippen molar-refractivity contribution in [1.29, 1.82) is 0 Å². The van der Waals surface area contributed by atoms with E-state index in [2.05, 4.69) is 25.7 Å². The molecule has 0 spiro atoms. The van der Waals surface area contributed by atoms with Crippen molar-refractivity contribution in [3.8, 4) is 0 Å². The average Bonchev–Trinajstić information content (AvgIpc) is 2.82. The van der Waals surface area contributed by atoms with Gasteiger partial charge >= 0.3 is 0 Å². The van der Waals surface area contributed by atoms with Crippen molar-refractivity contribution in [3.63, 3.8) is 0 Å². The van der Waals surface area contributed by atoms with Crippen LogP contribution in [0.2, 0.25) is 0 Å². The third-order valence-electron chi connectivity index (χ3n) is 5.72. The highest BCUT2D eigenvalue weighted by atomic mass is 32.2. The van der Waals surface area contributed by atoms with Crippen LogP contribution in [0.25, 0.3) is 0 Å². The van der Waals surface area contributed by atoms with E-state index in [9.17, 15) is 8.42 Å². The number of hydrogen-bond donors (Lipinski definition) is 1. The summed E-state index contributed by atoms with van der Waals surface area (Å²) in [4.78, 5) is 2.55. The lowest BCUT2D eigenvalue weighted by Crippen LogP contribution is -2.48. The molecular weight excluding hydrogens is 334 g/mol. The molecule has 1 fully saturated rings. The summed E-state index contributed by atoms with van der Waals surface area (Å²) in [5, 5.41) is 5.34. The van der Waals surface area contributed by atoms with Crippen LogP contribution in [0, 0.1) is 0 Å². The summed E-state index contributed by atoms with van der Waals surface area (Å²) in [5.74, 6) is 0. The van der Waals surface area contributed by atoms with Gasteiger partial charge in [0, 0.05) is 25.2 Å². The largest absolute Gasteiger partial charge is 0.297 e. The fourth-order valence-electron chi connectivity index (χ4n) is 3.99. The first-order chi connectivity index (χ1) is 11.8. The standard InChI is InChI=1S/C19H41N3O2S/c1-4-6-8-10-13-19(3,14-11-9-7-5-2)21-15-12-16-22(18-17-21)25(20,23)24/h4-18H2,1-3H3,(H2,20,23,24). The summed E-state index contributed by atoms with van der Waals surface area (Å²) in [6.45, 7) is 9.76. The molecule has 1 rings (SSSR count). The quantitative estimate of drug-likeness (QED) is 0.526. The molecule has 0 unspecified atom stereocenters. The molecule has 0 saturated carbocycles. The maximum atomic E-state index is 11.7. The molecule has 25 heavy (non-hydrogen) atoms. The van der Waals surface area contributed by atoms with E-state index in [1.807, 2.05) is 0 Å². The van der Waals surface area contributed by atoms with Gasteiger partial charge in [-0.1, -0.05) is 65.2 Å². The van der Waals surface area contributed by atoms with E-state index in [0.717, 1.165) is 19.5 Å².